The second-order valence-corrected chi connectivity index (χ2v) is 5.95. The number of aliphatic imine (C=N–C) groups is 1. The average molecular weight is 420 g/mol. The third-order valence-electron chi connectivity index (χ3n) is 2.07. The summed E-state index contributed by atoms with van der Waals surface area (Å²) in [6, 6.07) is 5.74. The number of hydrogen-bond donors (Lipinski definition) is 0. The molecular weight excluding hydrogens is 414 g/mol. The molecule has 2 nitrogen and oxygen atoms in total. The Labute approximate surface area is 124 Å². The van der Waals surface area contributed by atoms with Crippen LogP contribution in [0.25, 0.3) is 0 Å². The maximum absolute atomic E-state index is 11.1. The highest BCUT2D eigenvalue weighted by atomic mass is 79.9. The van der Waals surface area contributed by atoms with Crippen LogP contribution in [0.15, 0.2) is 54.8 Å². The monoisotopic (exact) mass is 417 g/mol. The number of ketones is 1. The van der Waals surface area contributed by atoms with E-state index in [0.717, 1.165) is 20.3 Å². The molecule has 1 aliphatic rings. The van der Waals surface area contributed by atoms with Crippen molar-refractivity contribution in [2.45, 2.75) is 0 Å². The van der Waals surface area contributed by atoms with Gasteiger partial charge in [-0.3, -0.25) is 4.79 Å². The summed E-state index contributed by atoms with van der Waals surface area (Å²) in [7, 11) is 0. The summed E-state index contributed by atoms with van der Waals surface area (Å²) in [5.41, 5.74) is 1.54. The number of carbonyl (C=O) groups is 1. The van der Waals surface area contributed by atoms with Crippen LogP contribution in [0.4, 0.5) is 5.69 Å². The van der Waals surface area contributed by atoms with Gasteiger partial charge in [-0.05, 0) is 62.2 Å². The molecule has 1 aliphatic carbocycles. The highest BCUT2D eigenvalue weighted by molar-refractivity contribution is 9.12. The quantitative estimate of drug-likeness (QED) is 0.606. The first kappa shape index (κ1) is 12.9. The minimum absolute atomic E-state index is 0.0364. The Morgan fingerprint density at radius 2 is 1.82 bits per heavy atom. The van der Waals surface area contributed by atoms with E-state index in [4.69, 9.17) is 0 Å². The molecular formula is C12H6Br3NO. The number of rotatable bonds is 1. The zero-order valence-electron chi connectivity index (χ0n) is 8.45. The van der Waals surface area contributed by atoms with Gasteiger partial charge in [0.05, 0.1) is 11.4 Å². The van der Waals surface area contributed by atoms with Gasteiger partial charge in [-0.2, -0.15) is 0 Å². The lowest BCUT2D eigenvalue weighted by Gasteiger charge is -2.05. The maximum Gasteiger partial charge on any atom is 0.179 e. The number of halogens is 3. The summed E-state index contributed by atoms with van der Waals surface area (Å²) in [5, 5.41) is 0. The smallest absolute Gasteiger partial charge is 0.179 e. The molecule has 86 valence electrons. The van der Waals surface area contributed by atoms with Crippen molar-refractivity contribution in [3.63, 3.8) is 0 Å². The Balaban J connectivity index is 2.40. The van der Waals surface area contributed by atoms with E-state index in [2.05, 4.69) is 52.8 Å². The van der Waals surface area contributed by atoms with E-state index >= 15 is 0 Å². The van der Waals surface area contributed by atoms with E-state index in [0.29, 0.717) is 4.48 Å². The average Bonchev–Trinajstić information content (AvgIpc) is 2.25. The molecule has 0 amide bonds. The Kier molecular flexibility index (Phi) is 4.12. The second-order valence-electron chi connectivity index (χ2n) is 3.32. The zero-order chi connectivity index (χ0) is 12.4. The third kappa shape index (κ3) is 3.24. The molecule has 0 unspecified atom stereocenters. The van der Waals surface area contributed by atoms with Gasteiger partial charge in [0.15, 0.2) is 5.78 Å². The van der Waals surface area contributed by atoms with Crippen molar-refractivity contribution in [2.75, 3.05) is 0 Å². The molecule has 0 fully saturated rings. The zero-order valence-corrected chi connectivity index (χ0v) is 13.2. The summed E-state index contributed by atoms with van der Waals surface area (Å²) in [6.45, 7) is 0. The molecule has 0 atom stereocenters. The molecule has 0 saturated carbocycles. The summed E-state index contributed by atoms with van der Waals surface area (Å²) in [6.07, 6.45) is 4.70. The number of carbonyl (C=O) groups excluding carboxylic acids is 1. The number of allylic oxidation sites excluding steroid dienone is 4. The Hall–Kier alpha value is -0.520. The number of nitrogens with zero attached hydrogens (tertiary/aromatic N) is 1. The van der Waals surface area contributed by atoms with Gasteiger partial charge in [0.25, 0.3) is 0 Å². The van der Waals surface area contributed by atoms with E-state index in [1.165, 1.54) is 12.2 Å². The van der Waals surface area contributed by atoms with E-state index in [-0.39, 0.29) is 5.78 Å². The SMILES string of the molecule is O=C1C=CC(=Nc2ccc(Br)cc2Br)C(Br)=C1. The molecule has 0 aromatic heterocycles. The first-order chi connectivity index (χ1) is 8.06. The predicted molar refractivity (Wildman–Crippen MR) is 80.1 cm³/mol. The summed E-state index contributed by atoms with van der Waals surface area (Å²) in [4.78, 5) is 15.6. The van der Waals surface area contributed by atoms with E-state index in [1.807, 2.05) is 18.2 Å². The molecule has 17 heavy (non-hydrogen) atoms. The van der Waals surface area contributed by atoms with Gasteiger partial charge in [0.1, 0.15) is 0 Å². The molecule has 5 heteroatoms. The van der Waals surface area contributed by atoms with Crippen LogP contribution < -0.4 is 0 Å². The fourth-order valence-corrected chi connectivity index (χ4v) is 2.86. The Bertz CT molecular complexity index is 573. The topological polar surface area (TPSA) is 29.4 Å². The van der Waals surface area contributed by atoms with Gasteiger partial charge < -0.3 is 0 Å². The Morgan fingerprint density at radius 3 is 2.47 bits per heavy atom. The van der Waals surface area contributed by atoms with Gasteiger partial charge in [-0.25, -0.2) is 4.99 Å². The van der Waals surface area contributed by atoms with Crippen molar-refractivity contribution < 1.29 is 4.79 Å². The van der Waals surface area contributed by atoms with Crippen molar-refractivity contribution in [2.24, 2.45) is 4.99 Å². The van der Waals surface area contributed by atoms with Gasteiger partial charge >= 0.3 is 0 Å². The minimum atomic E-state index is -0.0364. The Morgan fingerprint density at radius 1 is 1.06 bits per heavy atom. The van der Waals surface area contributed by atoms with Crippen molar-refractivity contribution >= 4 is 65.0 Å². The van der Waals surface area contributed by atoms with Crippen LogP contribution in [0.5, 0.6) is 0 Å². The second kappa shape index (κ2) is 5.42. The first-order valence-electron chi connectivity index (χ1n) is 4.69. The molecule has 0 aliphatic heterocycles. The van der Waals surface area contributed by atoms with Gasteiger partial charge in [0.2, 0.25) is 0 Å². The van der Waals surface area contributed by atoms with Crippen LogP contribution >= 0.6 is 47.8 Å². The number of hydrogen-bond acceptors (Lipinski definition) is 2. The molecule has 0 radical (unpaired) electrons. The first-order valence-corrected chi connectivity index (χ1v) is 7.07. The van der Waals surface area contributed by atoms with E-state index < -0.39 is 0 Å². The fraction of sp³-hybridized carbons (Fsp3) is 0. The van der Waals surface area contributed by atoms with Crippen LogP contribution in [-0.4, -0.2) is 11.5 Å². The standard InChI is InChI=1S/C12H6Br3NO/c13-7-1-3-11(9(14)5-7)16-12-4-2-8(17)6-10(12)15/h1-6H. The van der Waals surface area contributed by atoms with Gasteiger partial charge in [0, 0.05) is 19.5 Å². The highest BCUT2D eigenvalue weighted by Gasteiger charge is 2.09. The molecule has 0 heterocycles. The minimum Gasteiger partial charge on any atom is -0.290 e. The fourth-order valence-electron chi connectivity index (χ4n) is 1.28. The maximum atomic E-state index is 11.1. The third-order valence-corrected chi connectivity index (χ3v) is 3.83. The van der Waals surface area contributed by atoms with E-state index in [1.54, 1.807) is 6.08 Å². The van der Waals surface area contributed by atoms with Gasteiger partial charge in [-0.15, -0.1) is 0 Å². The van der Waals surface area contributed by atoms with Crippen LogP contribution in [-0.2, 0) is 4.79 Å². The van der Waals surface area contributed by atoms with Crippen molar-refractivity contribution in [1.82, 2.24) is 0 Å². The summed E-state index contributed by atoms with van der Waals surface area (Å²) in [5.74, 6) is -0.0364. The van der Waals surface area contributed by atoms with Crippen LogP contribution in [0.2, 0.25) is 0 Å². The van der Waals surface area contributed by atoms with Crippen LogP contribution in [0.3, 0.4) is 0 Å². The molecule has 0 bridgehead atoms. The molecule has 2 rings (SSSR count). The lowest BCUT2D eigenvalue weighted by molar-refractivity contribution is -0.110. The molecule has 0 saturated heterocycles. The summed E-state index contributed by atoms with van der Waals surface area (Å²) >= 11 is 10.2. The molecule has 1 aromatic rings. The van der Waals surface area contributed by atoms with Crippen LogP contribution in [0, 0.1) is 0 Å². The normalized spacial score (nSPS) is 17.5. The molecule has 0 N–H and O–H groups in total. The van der Waals surface area contributed by atoms with Crippen molar-refractivity contribution in [3.05, 3.63) is 49.9 Å². The highest BCUT2D eigenvalue weighted by Crippen LogP contribution is 2.30. The van der Waals surface area contributed by atoms with Crippen molar-refractivity contribution in [3.8, 4) is 0 Å². The lowest BCUT2D eigenvalue weighted by Crippen LogP contribution is -2.03. The summed E-state index contributed by atoms with van der Waals surface area (Å²) < 4.78 is 2.57. The van der Waals surface area contributed by atoms with Crippen LogP contribution in [0.1, 0.15) is 0 Å². The number of benzene rings is 1. The largest absolute Gasteiger partial charge is 0.290 e. The predicted octanol–water partition coefficient (Wildman–Crippen LogP) is 4.70. The van der Waals surface area contributed by atoms with Crippen molar-refractivity contribution in [1.29, 1.82) is 0 Å². The lowest BCUT2D eigenvalue weighted by atomic mass is 10.1. The van der Waals surface area contributed by atoms with Gasteiger partial charge in [-0.1, -0.05) is 15.9 Å². The van der Waals surface area contributed by atoms with E-state index in [9.17, 15) is 4.79 Å². The molecule has 1 aromatic carbocycles. The molecule has 0 spiro atoms.